The zero-order chi connectivity index (χ0) is 16.2. The molecule has 23 heavy (non-hydrogen) atoms. The van der Waals surface area contributed by atoms with E-state index >= 15 is 0 Å². The smallest absolute Gasteiger partial charge is 0.261 e. The summed E-state index contributed by atoms with van der Waals surface area (Å²) >= 11 is 1.38. The molecule has 5 heteroatoms. The summed E-state index contributed by atoms with van der Waals surface area (Å²) in [6, 6.07) is 1.90. The Bertz CT molecular complexity index is 572. The Hall–Kier alpha value is -1.36. The van der Waals surface area contributed by atoms with Crippen molar-refractivity contribution in [2.24, 2.45) is 11.8 Å². The van der Waals surface area contributed by atoms with Crippen LogP contribution in [0.25, 0.3) is 0 Å². The number of aryl methyl sites for hydroxylation is 1. The van der Waals surface area contributed by atoms with Gasteiger partial charge in [-0.25, -0.2) is 0 Å². The van der Waals surface area contributed by atoms with Crippen LogP contribution in [-0.4, -0.2) is 18.4 Å². The maximum absolute atomic E-state index is 12.3. The Morgan fingerprint density at radius 2 is 1.91 bits per heavy atom. The van der Waals surface area contributed by atoms with Gasteiger partial charge in [-0.2, -0.15) is 0 Å². The fourth-order valence-electron chi connectivity index (χ4n) is 3.28. The Morgan fingerprint density at radius 3 is 2.61 bits per heavy atom. The van der Waals surface area contributed by atoms with E-state index in [0.29, 0.717) is 0 Å². The summed E-state index contributed by atoms with van der Waals surface area (Å²) in [5.74, 6) is 1.05. The molecule has 2 aliphatic rings. The van der Waals surface area contributed by atoms with Crippen LogP contribution in [0.1, 0.15) is 66.6 Å². The summed E-state index contributed by atoms with van der Waals surface area (Å²) in [7, 11) is 0. The maximum Gasteiger partial charge on any atom is 0.261 e. The molecule has 4 nitrogen and oxygen atoms in total. The van der Waals surface area contributed by atoms with E-state index in [1.54, 1.807) is 0 Å². The lowest BCUT2D eigenvalue weighted by Gasteiger charge is -2.21. The number of nitrogens with one attached hydrogen (secondary N) is 2. The molecule has 1 aromatic rings. The first-order valence-corrected chi connectivity index (χ1v) is 9.64. The zero-order valence-corrected chi connectivity index (χ0v) is 14.6. The summed E-state index contributed by atoms with van der Waals surface area (Å²) < 4.78 is 0. The topological polar surface area (TPSA) is 58.2 Å². The molecule has 2 N–H and O–H groups in total. The molecule has 0 aliphatic heterocycles. The first-order valence-electron chi connectivity index (χ1n) is 8.83. The molecule has 0 radical (unpaired) electrons. The SMILES string of the molecule is Cc1cc(NC(=O)C2CC2)sc1C(=O)NCCC1CCCCC1. The van der Waals surface area contributed by atoms with Crippen molar-refractivity contribution < 1.29 is 9.59 Å². The highest BCUT2D eigenvalue weighted by atomic mass is 32.1. The van der Waals surface area contributed by atoms with Gasteiger partial charge in [0.1, 0.15) is 0 Å². The summed E-state index contributed by atoms with van der Waals surface area (Å²) in [4.78, 5) is 24.9. The molecule has 0 saturated heterocycles. The first kappa shape index (κ1) is 16.5. The third kappa shape index (κ3) is 4.56. The van der Waals surface area contributed by atoms with Crippen LogP contribution < -0.4 is 10.6 Å². The first-order chi connectivity index (χ1) is 11.1. The van der Waals surface area contributed by atoms with Gasteiger partial charge < -0.3 is 10.6 Å². The molecule has 126 valence electrons. The lowest BCUT2D eigenvalue weighted by molar-refractivity contribution is -0.117. The van der Waals surface area contributed by atoms with Crippen LogP contribution >= 0.6 is 11.3 Å². The van der Waals surface area contributed by atoms with Gasteiger partial charge in [-0.15, -0.1) is 11.3 Å². The normalized spacial score (nSPS) is 18.7. The van der Waals surface area contributed by atoms with E-state index in [1.165, 1.54) is 43.4 Å². The van der Waals surface area contributed by atoms with Crippen LogP contribution in [0.3, 0.4) is 0 Å². The molecule has 3 rings (SSSR count). The molecule has 2 aliphatic carbocycles. The molecule has 2 fully saturated rings. The highest BCUT2D eigenvalue weighted by Crippen LogP contribution is 2.33. The van der Waals surface area contributed by atoms with Crippen LogP contribution in [-0.2, 0) is 4.79 Å². The molecule has 0 aromatic carbocycles. The van der Waals surface area contributed by atoms with Gasteiger partial charge in [0.25, 0.3) is 5.91 Å². The van der Waals surface area contributed by atoms with E-state index in [0.717, 1.165) is 47.2 Å². The average molecular weight is 334 g/mol. The van der Waals surface area contributed by atoms with Gasteiger partial charge in [0.2, 0.25) is 5.91 Å². The Balaban J connectivity index is 1.48. The Kier molecular flexibility index (Phi) is 5.36. The van der Waals surface area contributed by atoms with E-state index in [1.807, 2.05) is 13.0 Å². The van der Waals surface area contributed by atoms with Crippen molar-refractivity contribution >= 4 is 28.2 Å². The summed E-state index contributed by atoms with van der Waals surface area (Å²) in [5, 5.41) is 6.76. The number of hydrogen-bond donors (Lipinski definition) is 2. The molecular weight excluding hydrogens is 308 g/mol. The highest BCUT2D eigenvalue weighted by Gasteiger charge is 2.30. The van der Waals surface area contributed by atoms with Gasteiger partial charge in [0, 0.05) is 12.5 Å². The number of carbonyl (C=O) groups is 2. The minimum atomic E-state index is -0.00442. The quantitative estimate of drug-likeness (QED) is 0.822. The van der Waals surface area contributed by atoms with Crippen LogP contribution in [0.4, 0.5) is 5.00 Å². The largest absolute Gasteiger partial charge is 0.351 e. The number of carbonyl (C=O) groups excluding carboxylic acids is 2. The van der Waals surface area contributed by atoms with E-state index in [9.17, 15) is 9.59 Å². The number of thiophene rings is 1. The van der Waals surface area contributed by atoms with Gasteiger partial charge >= 0.3 is 0 Å². The van der Waals surface area contributed by atoms with Crippen molar-refractivity contribution in [1.29, 1.82) is 0 Å². The van der Waals surface area contributed by atoms with Crippen LogP contribution in [0.5, 0.6) is 0 Å². The van der Waals surface area contributed by atoms with Crippen LogP contribution in [0, 0.1) is 18.8 Å². The van der Waals surface area contributed by atoms with Crippen molar-refractivity contribution in [3.63, 3.8) is 0 Å². The summed E-state index contributed by atoms with van der Waals surface area (Å²) in [6.45, 7) is 2.68. The zero-order valence-electron chi connectivity index (χ0n) is 13.8. The minimum absolute atomic E-state index is 0.00442. The van der Waals surface area contributed by atoms with Gasteiger partial charge in [-0.1, -0.05) is 32.1 Å². The minimum Gasteiger partial charge on any atom is -0.351 e. The fourth-order valence-corrected chi connectivity index (χ4v) is 4.28. The van der Waals surface area contributed by atoms with Crippen LogP contribution in [0.15, 0.2) is 6.07 Å². The molecule has 1 heterocycles. The molecular formula is C18H26N2O2S. The predicted octanol–water partition coefficient (Wildman–Crippen LogP) is 4.11. The molecule has 2 saturated carbocycles. The molecule has 0 bridgehead atoms. The number of rotatable bonds is 6. The van der Waals surface area contributed by atoms with Gasteiger partial charge in [-0.05, 0) is 43.7 Å². The predicted molar refractivity (Wildman–Crippen MR) is 93.9 cm³/mol. The second kappa shape index (κ2) is 7.47. The fraction of sp³-hybridized carbons (Fsp3) is 0.667. The van der Waals surface area contributed by atoms with Crippen LogP contribution in [0.2, 0.25) is 0 Å². The second-order valence-corrected chi connectivity index (χ2v) is 7.99. The van der Waals surface area contributed by atoms with Crippen molar-refractivity contribution in [2.75, 3.05) is 11.9 Å². The average Bonchev–Trinajstić information content (AvgIpc) is 3.32. The second-order valence-electron chi connectivity index (χ2n) is 6.93. The maximum atomic E-state index is 12.3. The van der Waals surface area contributed by atoms with Crippen molar-refractivity contribution in [1.82, 2.24) is 5.32 Å². The lowest BCUT2D eigenvalue weighted by Crippen LogP contribution is -2.26. The number of anilines is 1. The summed E-state index contributed by atoms with van der Waals surface area (Å²) in [6.07, 6.45) is 9.74. The molecule has 2 amide bonds. The number of hydrogen-bond acceptors (Lipinski definition) is 3. The standard InChI is InChI=1S/C18H26N2O2S/c1-12-11-15(20-17(21)14-7-8-14)23-16(12)18(22)19-10-9-13-5-3-2-4-6-13/h11,13-14H,2-10H2,1H3,(H,19,22)(H,20,21). The Morgan fingerprint density at radius 1 is 1.17 bits per heavy atom. The molecule has 0 spiro atoms. The molecule has 1 aromatic heterocycles. The summed E-state index contributed by atoms with van der Waals surface area (Å²) in [5.41, 5.74) is 0.941. The lowest BCUT2D eigenvalue weighted by atomic mass is 9.87. The van der Waals surface area contributed by atoms with E-state index in [-0.39, 0.29) is 17.7 Å². The van der Waals surface area contributed by atoms with Crippen molar-refractivity contribution in [3.05, 3.63) is 16.5 Å². The molecule has 0 unspecified atom stereocenters. The monoisotopic (exact) mass is 334 g/mol. The van der Waals surface area contributed by atoms with Gasteiger partial charge in [-0.3, -0.25) is 9.59 Å². The molecule has 0 atom stereocenters. The number of amides is 2. The van der Waals surface area contributed by atoms with E-state index < -0.39 is 0 Å². The Labute approximate surface area is 142 Å². The third-order valence-electron chi connectivity index (χ3n) is 4.88. The van der Waals surface area contributed by atoms with Crippen molar-refractivity contribution in [2.45, 2.75) is 58.3 Å². The van der Waals surface area contributed by atoms with Gasteiger partial charge in [0.05, 0.1) is 9.88 Å². The third-order valence-corrected chi connectivity index (χ3v) is 6.03. The van der Waals surface area contributed by atoms with E-state index in [2.05, 4.69) is 10.6 Å². The van der Waals surface area contributed by atoms with Gasteiger partial charge in [0.15, 0.2) is 0 Å². The van der Waals surface area contributed by atoms with E-state index in [4.69, 9.17) is 0 Å². The highest BCUT2D eigenvalue weighted by molar-refractivity contribution is 7.18. The van der Waals surface area contributed by atoms with Crippen molar-refractivity contribution in [3.8, 4) is 0 Å².